The zero-order valence-corrected chi connectivity index (χ0v) is 23.4. The van der Waals surface area contributed by atoms with Crippen LogP contribution in [0, 0.1) is 6.92 Å². The minimum absolute atomic E-state index is 0.156. The van der Waals surface area contributed by atoms with Crippen molar-refractivity contribution in [3.8, 4) is 11.5 Å². The molecular weight excluding hydrogens is 500 g/mol. The number of carbonyl (C=O) groups excluding carboxylic acids is 1. The van der Waals surface area contributed by atoms with Gasteiger partial charge in [0, 0.05) is 19.1 Å². The predicted molar refractivity (Wildman–Crippen MR) is 160 cm³/mol. The summed E-state index contributed by atoms with van der Waals surface area (Å²) in [4.78, 5) is 13.6. The molecule has 2 atom stereocenters. The van der Waals surface area contributed by atoms with Crippen LogP contribution in [0.5, 0.6) is 11.5 Å². The van der Waals surface area contributed by atoms with Crippen molar-refractivity contribution >= 4 is 12.1 Å². The summed E-state index contributed by atoms with van der Waals surface area (Å²) >= 11 is 0. The van der Waals surface area contributed by atoms with Gasteiger partial charge in [0.2, 0.25) is 6.41 Å². The van der Waals surface area contributed by atoms with Crippen LogP contribution in [0.4, 0.5) is 5.69 Å². The van der Waals surface area contributed by atoms with Gasteiger partial charge < -0.3 is 19.9 Å². The Morgan fingerprint density at radius 1 is 0.875 bits per heavy atom. The minimum Gasteiger partial charge on any atom is -0.496 e. The van der Waals surface area contributed by atoms with Crippen molar-refractivity contribution in [3.63, 3.8) is 0 Å². The molecule has 0 saturated heterocycles. The molecule has 2 N–H and O–H groups in total. The molecule has 0 aliphatic rings. The van der Waals surface area contributed by atoms with E-state index in [0.717, 1.165) is 23.3 Å². The zero-order chi connectivity index (χ0) is 28.3. The number of aliphatic hydroxyl groups is 1. The normalized spacial score (nSPS) is 12.5. The van der Waals surface area contributed by atoms with Crippen LogP contribution in [0.25, 0.3) is 0 Å². The lowest BCUT2D eigenvalue weighted by atomic mass is 10.0. The number of hydrogen-bond donors (Lipinski definition) is 2. The molecule has 0 aliphatic heterocycles. The van der Waals surface area contributed by atoms with E-state index in [1.54, 1.807) is 19.2 Å². The molecule has 0 bridgehead atoms. The molecule has 6 heteroatoms. The summed E-state index contributed by atoms with van der Waals surface area (Å²) in [5.74, 6) is 1.43. The lowest BCUT2D eigenvalue weighted by molar-refractivity contribution is -0.105. The summed E-state index contributed by atoms with van der Waals surface area (Å²) < 4.78 is 11.4. The molecule has 208 valence electrons. The number of nitrogens with one attached hydrogen (secondary N) is 1. The average Bonchev–Trinajstić information content (AvgIpc) is 2.97. The molecule has 0 radical (unpaired) electrons. The Bertz CT molecular complexity index is 1360. The second-order valence-corrected chi connectivity index (χ2v) is 10.1. The Kier molecular flexibility index (Phi) is 10.3. The molecular formula is C34H38N2O4. The Balaban J connectivity index is 1.51. The van der Waals surface area contributed by atoms with Gasteiger partial charge in [0.25, 0.3) is 0 Å². The lowest BCUT2D eigenvalue weighted by Crippen LogP contribution is -2.37. The Morgan fingerprint density at radius 3 is 2.20 bits per heavy atom. The van der Waals surface area contributed by atoms with Crippen molar-refractivity contribution < 1.29 is 19.4 Å². The highest BCUT2D eigenvalue weighted by atomic mass is 16.5. The summed E-state index contributed by atoms with van der Waals surface area (Å²) in [6.45, 7) is 5.75. The van der Waals surface area contributed by atoms with Crippen LogP contribution < -0.4 is 14.8 Å². The van der Waals surface area contributed by atoms with E-state index in [0.29, 0.717) is 43.1 Å². The number of methoxy groups -OCH3 is 1. The monoisotopic (exact) mass is 538 g/mol. The van der Waals surface area contributed by atoms with Gasteiger partial charge in [-0.3, -0.25) is 9.69 Å². The lowest BCUT2D eigenvalue weighted by Gasteiger charge is -2.31. The van der Waals surface area contributed by atoms with Crippen molar-refractivity contribution in [2.24, 2.45) is 0 Å². The molecule has 0 aromatic heterocycles. The van der Waals surface area contributed by atoms with Gasteiger partial charge in [-0.05, 0) is 66.3 Å². The predicted octanol–water partition coefficient (Wildman–Crippen LogP) is 6.32. The van der Waals surface area contributed by atoms with Gasteiger partial charge in [-0.15, -0.1) is 0 Å². The molecule has 0 fully saturated rings. The third-order valence-corrected chi connectivity index (χ3v) is 7.09. The standard InChI is InChI=1S/C34H38N2O4/c1-25-18-29(14-16-33(25)39-3)19-26(2)36(21-27-10-6-4-7-11-27)22-32(38)30-15-17-34(31(20-30)35-24-37)40-23-28-12-8-5-9-13-28/h4-18,20,24,26,32,38H,19,21-23H2,1-3H3,(H,35,37). The highest BCUT2D eigenvalue weighted by Crippen LogP contribution is 2.30. The quantitative estimate of drug-likeness (QED) is 0.184. The molecule has 6 nitrogen and oxygen atoms in total. The number of benzene rings is 4. The molecule has 40 heavy (non-hydrogen) atoms. The topological polar surface area (TPSA) is 71.0 Å². The van der Waals surface area contributed by atoms with Crippen LogP contribution in [-0.4, -0.2) is 36.1 Å². The van der Waals surface area contributed by atoms with Gasteiger partial charge in [-0.2, -0.15) is 0 Å². The zero-order valence-electron chi connectivity index (χ0n) is 23.4. The van der Waals surface area contributed by atoms with E-state index >= 15 is 0 Å². The number of nitrogens with zero attached hydrogens (tertiary/aromatic N) is 1. The molecule has 0 spiro atoms. The first-order valence-electron chi connectivity index (χ1n) is 13.6. The van der Waals surface area contributed by atoms with Crippen LogP contribution in [0.15, 0.2) is 97.1 Å². The average molecular weight is 539 g/mol. The summed E-state index contributed by atoms with van der Waals surface area (Å²) in [7, 11) is 1.69. The largest absolute Gasteiger partial charge is 0.496 e. The van der Waals surface area contributed by atoms with Gasteiger partial charge >= 0.3 is 0 Å². The molecule has 4 aromatic rings. The van der Waals surface area contributed by atoms with Crippen LogP contribution >= 0.6 is 0 Å². The number of carbonyl (C=O) groups is 1. The van der Waals surface area contributed by atoms with Gasteiger partial charge in [0.1, 0.15) is 18.1 Å². The van der Waals surface area contributed by atoms with Gasteiger partial charge in [-0.1, -0.05) is 78.9 Å². The first kappa shape index (κ1) is 28.9. The highest BCUT2D eigenvalue weighted by Gasteiger charge is 2.21. The molecule has 0 saturated carbocycles. The smallest absolute Gasteiger partial charge is 0.211 e. The van der Waals surface area contributed by atoms with E-state index in [9.17, 15) is 9.90 Å². The van der Waals surface area contributed by atoms with Crippen molar-refractivity contribution in [2.45, 2.75) is 45.6 Å². The van der Waals surface area contributed by atoms with Crippen LogP contribution in [-0.2, 0) is 24.4 Å². The Morgan fingerprint density at radius 2 is 1.55 bits per heavy atom. The molecule has 0 heterocycles. The van der Waals surface area contributed by atoms with E-state index in [1.807, 2.05) is 60.7 Å². The highest BCUT2D eigenvalue weighted by molar-refractivity contribution is 5.76. The molecule has 2 unspecified atom stereocenters. The first-order chi connectivity index (χ1) is 19.5. The number of ether oxygens (including phenoxy) is 2. The fourth-order valence-electron chi connectivity index (χ4n) is 4.88. The maximum Gasteiger partial charge on any atom is 0.211 e. The fourth-order valence-corrected chi connectivity index (χ4v) is 4.88. The second kappa shape index (κ2) is 14.3. The SMILES string of the molecule is COc1ccc(CC(C)N(Cc2ccccc2)CC(O)c2ccc(OCc3ccccc3)c(NC=O)c2)cc1C. The van der Waals surface area contributed by atoms with Crippen molar-refractivity contribution in [1.29, 1.82) is 0 Å². The number of rotatable bonds is 14. The van der Waals surface area contributed by atoms with Crippen LogP contribution in [0.3, 0.4) is 0 Å². The maximum atomic E-state index is 11.4. The van der Waals surface area contributed by atoms with E-state index in [1.165, 1.54) is 11.1 Å². The first-order valence-corrected chi connectivity index (χ1v) is 13.6. The third-order valence-electron chi connectivity index (χ3n) is 7.09. The van der Waals surface area contributed by atoms with Crippen LogP contribution in [0.1, 0.15) is 40.8 Å². The van der Waals surface area contributed by atoms with Gasteiger partial charge in [-0.25, -0.2) is 0 Å². The summed E-state index contributed by atoms with van der Waals surface area (Å²) in [6.07, 6.45) is 0.690. The second-order valence-electron chi connectivity index (χ2n) is 10.1. The third kappa shape index (κ3) is 7.94. The fraction of sp³-hybridized carbons (Fsp3) is 0.265. The summed E-state index contributed by atoms with van der Waals surface area (Å²) in [6, 6.07) is 32.0. The number of amides is 1. The van der Waals surface area contributed by atoms with Crippen LogP contribution in [0.2, 0.25) is 0 Å². The van der Waals surface area contributed by atoms with E-state index in [-0.39, 0.29) is 6.04 Å². The Labute approximate surface area is 237 Å². The van der Waals surface area contributed by atoms with Gasteiger partial charge in [0.05, 0.1) is 18.9 Å². The molecule has 4 rings (SSSR count). The minimum atomic E-state index is -0.765. The molecule has 0 aliphatic carbocycles. The van der Waals surface area contributed by atoms with E-state index in [4.69, 9.17) is 9.47 Å². The number of hydrogen-bond acceptors (Lipinski definition) is 5. The molecule has 1 amide bonds. The summed E-state index contributed by atoms with van der Waals surface area (Å²) in [5.41, 5.74) is 5.77. The molecule has 4 aromatic carbocycles. The van der Waals surface area contributed by atoms with Crippen molar-refractivity contribution in [2.75, 3.05) is 19.0 Å². The number of aryl methyl sites for hydroxylation is 1. The maximum absolute atomic E-state index is 11.4. The van der Waals surface area contributed by atoms with E-state index in [2.05, 4.69) is 48.3 Å². The number of aliphatic hydroxyl groups excluding tert-OH is 1. The van der Waals surface area contributed by atoms with Gasteiger partial charge in [0.15, 0.2) is 0 Å². The van der Waals surface area contributed by atoms with E-state index < -0.39 is 6.10 Å². The summed E-state index contributed by atoms with van der Waals surface area (Å²) in [5, 5.41) is 14.1. The number of anilines is 1. The Hall–Kier alpha value is -4.13. The van der Waals surface area contributed by atoms with Crippen molar-refractivity contribution in [3.05, 3.63) is 125 Å². The van der Waals surface area contributed by atoms with Crippen molar-refractivity contribution in [1.82, 2.24) is 4.90 Å².